The van der Waals surface area contributed by atoms with E-state index < -0.39 is 7.38 Å². The molecule has 0 aromatic carbocycles. The minimum atomic E-state index is -1.33. The van der Waals surface area contributed by atoms with E-state index >= 15 is 0 Å². The summed E-state index contributed by atoms with van der Waals surface area (Å²) in [6, 6.07) is 2.15. The number of hydrogen-bond acceptors (Lipinski definition) is 2. The molecular weight excluding hydrogens is 180 g/mol. The van der Waals surface area contributed by atoms with E-state index in [1.165, 1.54) is 7.11 Å². The van der Waals surface area contributed by atoms with Crippen molar-refractivity contribution in [3.8, 4) is 0 Å². The highest BCUT2D eigenvalue weighted by Crippen LogP contribution is 2.42. The zero-order chi connectivity index (χ0) is 8.48. The number of rotatable bonds is 2. The number of carbonyl (C=O) groups excluding carboxylic acids is 1. The number of methoxy groups -OCH3 is 1. The van der Waals surface area contributed by atoms with E-state index in [1.807, 2.05) is 0 Å². The van der Waals surface area contributed by atoms with Crippen molar-refractivity contribution in [2.45, 2.75) is 25.1 Å². The van der Waals surface area contributed by atoms with Crippen LogP contribution in [0.5, 0.6) is 0 Å². The zero-order valence-corrected chi connectivity index (χ0v) is 8.65. The van der Waals surface area contributed by atoms with Crippen LogP contribution < -0.4 is 0 Å². The summed E-state index contributed by atoms with van der Waals surface area (Å²) in [7, 11) is 0.100. The van der Waals surface area contributed by atoms with Crippen LogP contribution in [0.15, 0.2) is 0 Å². The molecule has 0 aliphatic carbocycles. The molecule has 0 aromatic heterocycles. The molecule has 0 spiro atoms. The van der Waals surface area contributed by atoms with E-state index in [2.05, 4.69) is 11.3 Å². The lowest BCUT2D eigenvalue weighted by molar-refractivity contribution is -0.141. The van der Waals surface area contributed by atoms with Gasteiger partial charge in [-0.15, -0.1) is 0 Å². The van der Waals surface area contributed by atoms with Crippen molar-refractivity contribution in [2.75, 3.05) is 7.11 Å². The largest absolute Gasteiger partial charge is 0.469 e. The van der Waals surface area contributed by atoms with Gasteiger partial charge in [-0.05, 0) is 18.0 Å². The predicted octanol–water partition coefficient (Wildman–Crippen LogP) is 1.99. The molecule has 2 nitrogen and oxygen atoms in total. The number of ether oxygens (including phenoxy) is 1. The molecule has 0 amide bonds. The van der Waals surface area contributed by atoms with Crippen molar-refractivity contribution in [3.63, 3.8) is 0 Å². The van der Waals surface area contributed by atoms with Crippen molar-refractivity contribution in [1.29, 1.82) is 0 Å². The van der Waals surface area contributed by atoms with Gasteiger partial charge >= 0.3 is 5.97 Å². The molecule has 0 N–H and O–H groups in total. The highest BCUT2D eigenvalue weighted by molar-refractivity contribution is 7.21. The van der Waals surface area contributed by atoms with Crippen LogP contribution in [0.25, 0.3) is 0 Å². The first-order valence-corrected chi connectivity index (χ1v) is 7.72. The van der Waals surface area contributed by atoms with Gasteiger partial charge in [0.2, 0.25) is 0 Å². The van der Waals surface area contributed by atoms with Crippen LogP contribution in [-0.4, -0.2) is 20.5 Å². The first-order chi connectivity index (χ1) is 5.03. The second-order valence-electron chi connectivity index (χ2n) is 3.47. The highest BCUT2D eigenvalue weighted by Gasteiger charge is 2.41. The maximum Gasteiger partial charge on any atom is 0.305 e. The van der Waals surface area contributed by atoms with Crippen LogP contribution in [0, 0.1) is 5.92 Å². The Morgan fingerprint density at radius 2 is 2.27 bits per heavy atom. The molecule has 1 aliphatic rings. The molecule has 64 valence electrons. The Morgan fingerprint density at radius 3 is 2.64 bits per heavy atom. The second-order valence-corrected chi connectivity index (χ2v) is 9.85. The van der Waals surface area contributed by atoms with Gasteiger partial charge in [0.05, 0.1) is 7.11 Å². The monoisotopic (exact) mass is 192 g/mol. The number of halogens is 1. The van der Waals surface area contributed by atoms with Gasteiger partial charge in [-0.3, -0.25) is 4.79 Å². The normalized spacial score (nSPS) is 36.1. The van der Waals surface area contributed by atoms with Crippen molar-refractivity contribution < 1.29 is 9.53 Å². The number of carbonyl (C=O) groups is 1. The number of esters is 1. The summed E-state index contributed by atoms with van der Waals surface area (Å²) in [5.74, 6) is 0.410. The van der Waals surface area contributed by atoms with Crippen molar-refractivity contribution in [1.82, 2.24) is 0 Å². The van der Waals surface area contributed by atoms with Crippen molar-refractivity contribution in [2.24, 2.45) is 5.92 Å². The van der Waals surface area contributed by atoms with Gasteiger partial charge in [-0.25, -0.2) is 0 Å². The molecule has 1 aliphatic heterocycles. The van der Waals surface area contributed by atoms with Crippen LogP contribution in [0.3, 0.4) is 0 Å². The smallest absolute Gasteiger partial charge is 0.305 e. The zero-order valence-electron chi connectivity index (χ0n) is 6.89. The highest BCUT2D eigenvalue weighted by atomic mass is 35.6. The molecule has 1 saturated heterocycles. The Hall–Kier alpha value is -0.0231. The summed E-state index contributed by atoms with van der Waals surface area (Å²) in [6.45, 7) is 2.14. The molecule has 1 fully saturated rings. The fourth-order valence-corrected chi connectivity index (χ4v) is 5.49. The van der Waals surface area contributed by atoms with E-state index in [9.17, 15) is 4.79 Å². The molecule has 1 rings (SSSR count). The fraction of sp³-hybridized carbons (Fsp3) is 0.857. The Labute approximate surface area is 72.6 Å². The van der Waals surface area contributed by atoms with E-state index in [0.29, 0.717) is 12.3 Å². The maximum absolute atomic E-state index is 10.8. The third-order valence-corrected chi connectivity index (χ3v) is 5.89. The summed E-state index contributed by atoms with van der Waals surface area (Å²) in [4.78, 5) is 10.8. The molecule has 0 bridgehead atoms. The average molecular weight is 193 g/mol. The molecule has 0 atom stereocenters. The minimum Gasteiger partial charge on any atom is -0.469 e. The molecule has 0 unspecified atom stereocenters. The Bertz CT molecular complexity index is 162. The lowest BCUT2D eigenvalue weighted by Crippen LogP contribution is -2.40. The van der Waals surface area contributed by atoms with Crippen molar-refractivity contribution in [3.05, 3.63) is 0 Å². The molecule has 4 heteroatoms. The fourth-order valence-electron chi connectivity index (χ4n) is 1.61. The summed E-state index contributed by atoms with van der Waals surface area (Å²) in [5, 5.41) is 0. The SMILES string of the molecule is COC(=O)CC1C[Si](C)(Cl)C1. The van der Waals surface area contributed by atoms with Crippen LogP contribution in [0.2, 0.25) is 18.6 Å². The van der Waals surface area contributed by atoms with Gasteiger partial charge < -0.3 is 4.74 Å². The van der Waals surface area contributed by atoms with Gasteiger partial charge in [-0.1, -0.05) is 6.55 Å². The Morgan fingerprint density at radius 1 is 1.73 bits per heavy atom. The quantitative estimate of drug-likeness (QED) is 0.380. The van der Waals surface area contributed by atoms with Gasteiger partial charge in [0.15, 0.2) is 7.38 Å². The standard InChI is InChI=1S/C7H13ClO2Si/c1-10-7(9)3-6-4-11(2,8)5-6/h6H,3-5H2,1-2H3. The van der Waals surface area contributed by atoms with Crippen molar-refractivity contribution >= 4 is 24.4 Å². The molecular formula is C7H13ClO2Si. The van der Waals surface area contributed by atoms with E-state index in [-0.39, 0.29) is 5.97 Å². The van der Waals surface area contributed by atoms with E-state index in [0.717, 1.165) is 12.1 Å². The van der Waals surface area contributed by atoms with Crippen LogP contribution in [-0.2, 0) is 9.53 Å². The summed E-state index contributed by atoms with van der Waals surface area (Å²) >= 11 is 6.11. The molecule has 1 heterocycles. The lowest BCUT2D eigenvalue weighted by Gasteiger charge is -2.37. The maximum atomic E-state index is 10.8. The van der Waals surface area contributed by atoms with Gasteiger partial charge in [0.25, 0.3) is 0 Å². The number of hydrogen-bond donors (Lipinski definition) is 0. The van der Waals surface area contributed by atoms with Crippen LogP contribution in [0.1, 0.15) is 6.42 Å². The average Bonchev–Trinajstić information content (AvgIpc) is 1.83. The summed E-state index contributed by atoms with van der Waals surface area (Å²) in [6.07, 6.45) is 0.561. The van der Waals surface area contributed by atoms with Gasteiger partial charge in [0, 0.05) is 6.42 Å². The van der Waals surface area contributed by atoms with Crippen LogP contribution >= 0.6 is 11.1 Å². The first kappa shape index (κ1) is 9.07. The molecule has 11 heavy (non-hydrogen) atoms. The Kier molecular flexibility index (Phi) is 2.60. The van der Waals surface area contributed by atoms with E-state index in [1.54, 1.807) is 0 Å². The first-order valence-electron chi connectivity index (χ1n) is 3.79. The topological polar surface area (TPSA) is 26.3 Å². The van der Waals surface area contributed by atoms with E-state index in [4.69, 9.17) is 11.1 Å². The van der Waals surface area contributed by atoms with Gasteiger partial charge in [-0.2, -0.15) is 11.1 Å². The van der Waals surface area contributed by atoms with Gasteiger partial charge in [0.1, 0.15) is 0 Å². The Balaban J connectivity index is 2.19. The molecule has 0 radical (unpaired) electrons. The summed E-state index contributed by atoms with van der Waals surface area (Å²) < 4.78 is 4.56. The lowest BCUT2D eigenvalue weighted by atomic mass is 10.1. The second kappa shape index (κ2) is 3.15. The molecule has 0 saturated carbocycles. The predicted molar refractivity (Wildman–Crippen MR) is 47.2 cm³/mol. The molecule has 0 aromatic rings. The third kappa shape index (κ3) is 2.49. The summed E-state index contributed by atoms with van der Waals surface area (Å²) in [5.41, 5.74) is 0. The third-order valence-electron chi connectivity index (χ3n) is 2.11. The minimum absolute atomic E-state index is 0.101. The van der Waals surface area contributed by atoms with Crippen LogP contribution in [0.4, 0.5) is 0 Å².